The van der Waals surface area contributed by atoms with Crippen molar-refractivity contribution in [2.45, 2.75) is 19.4 Å². The average molecular weight is 309 g/mol. The third-order valence-electron chi connectivity index (χ3n) is 4.62. The van der Waals surface area contributed by atoms with E-state index in [-0.39, 0.29) is 5.91 Å². The number of aryl methyl sites for hydroxylation is 1. The van der Waals surface area contributed by atoms with Crippen LogP contribution < -0.4 is 0 Å². The molecule has 6 heteroatoms. The third kappa shape index (κ3) is 2.50. The van der Waals surface area contributed by atoms with Crippen molar-refractivity contribution < 1.29 is 4.79 Å². The molecule has 1 aliphatic rings. The average Bonchev–Trinajstić information content (AvgIpc) is 3.21. The Hall–Kier alpha value is -2.63. The summed E-state index contributed by atoms with van der Waals surface area (Å²) in [6, 6.07) is 5.71. The first-order valence-electron chi connectivity index (χ1n) is 7.90. The number of imidazole rings is 1. The highest BCUT2D eigenvalue weighted by molar-refractivity contribution is 6.05. The molecule has 1 aromatic carbocycles. The smallest absolute Gasteiger partial charge is 0.255 e. The molecular weight excluding hydrogens is 290 g/mol. The summed E-state index contributed by atoms with van der Waals surface area (Å²) in [6.07, 6.45) is 7.67. The molecule has 6 nitrogen and oxygen atoms in total. The molecule has 0 unspecified atom stereocenters. The Morgan fingerprint density at radius 1 is 1.48 bits per heavy atom. The number of H-pyrrole nitrogens is 1. The second-order valence-electron chi connectivity index (χ2n) is 6.23. The summed E-state index contributed by atoms with van der Waals surface area (Å²) >= 11 is 0. The van der Waals surface area contributed by atoms with E-state index in [1.165, 1.54) is 0 Å². The zero-order chi connectivity index (χ0) is 15.8. The minimum Gasteiger partial charge on any atom is -0.341 e. The molecule has 3 aromatic rings. The SMILES string of the molecule is CN(C[C@@H]1CCc2nccn2C1)C(=O)c1cccc2cn[nH]c12. The Labute approximate surface area is 134 Å². The van der Waals surface area contributed by atoms with Crippen LogP contribution in [0.15, 0.2) is 36.8 Å². The first-order valence-corrected chi connectivity index (χ1v) is 7.90. The maximum absolute atomic E-state index is 12.8. The van der Waals surface area contributed by atoms with Crippen molar-refractivity contribution >= 4 is 16.8 Å². The van der Waals surface area contributed by atoms with Gasteiger partial charge in [0.15, 0.2) is 0 Å². The van der Waals surface area contributed by atoms with E-state index in [1.807, 2.05) is 42.5 Å². The number of nitrogens with zero attached hydrogens (tertiary/aromatic N) is 4. The number of aromatic nitrogens is 4. The van der Waals surface area contributed by atoms with Gasteiger partial charge in [-0.15, -0.1) is 0 Å². The zero-order valence-corrected chi connectivity index (χ0v) is 13.1. The van der Waals surface area contributed by atoms with Crippen LogP contribution in [0.3, 0.4) is 0 Å². The second kappa shape index (κ2) is 5.53. The van der Waals surface area contributed by atoms with Crippen LogP contribution in [-0.2, 0) is 13.0 Å². The van der Waals surface area contributed by atoms with Crippen molar-refractivity contribution in [3.05, 3.63) is 48.2 Å². The Morgan fingerprint density at radius 3 is 3.30 bits per heavy atom. The molecule has 0 radical (unpaired) electrons. The fourth-order valence-electron chi connectivity index (χ4n) is 3.41. The first kappa shape index (κ1) is 14.0. The van der Waals surface area contributed by atoms with Gasteiger partial charge in [0.25, 0.3) is 5.91 Å². The van der Waals surface area contributed by atoms with E-state index >= 15 is 0 Å². The van der Waals surface area contributed by atoms with Crippen molar-refractivity contribution in [3.8, 4) is 0 Å². The van der Waals surface area contributed by atoms with E-state index in [0.717, 1.165) is 42.7 Å². The van der Waals surface area contributed by atoms with Gasteiger partial charge in [-0.25, -0.2) is 4.98 Å². The lowest BCUT2D eigenvalue weighted by atomic mass is 9.98. The quantitative estimate of drug-likeness (QED) is 0.805. The van der Waals surface area contributed by atoms with Gasteiger partial charge in [-0.05, 0) is 18.4 Å². The van der Waals surface area contributed by atoms with Crippen LogP contribution >= 0.6 is 0 Å². The molecule has 1 aliphatic heterocycles. The molecule has 3 heterocycles. The molecule has 4 rings (SSSR count). The Balaban J connectivity index is 1.50. The van der Waals surface area contributed by atoms with Crippen molar-refractivity contribution in [3.63, 3.8) is 0 Å². The number of benzene rings is 1. The van der Waals surface area contributed by atoms with Gasteiger partial charge in [-0.1, -0.05) is 12.1 Å². The standard InChI is InChI=1S/C17H19N5O/c1-21(10-12-5-6-15-18-7-8-22(15)11-12)17(23)14-4-2-3-13-9-19-20-16(13)14/h2-4,7-9,12H,5-6,10-11H2,1H3,(H,19,20)/t12-/m0/s1. The minimum absolute atomic E-state index is 0.0382. The van der Waals surface area contributed by atoms with Gasteiger partial charge >= 0.3 is 0 Å². The third-order valence-corrected chi connectivity index (χ3v) is 4.62. The van der Waals surface area contributed by atoms with Gasteiger partial charge in [0.1, 0.15) is 5.82 Å². The minimum atomic E-state index is 0.0382. The number of hydrogen-bond donors (Lipinski definition) is 1. The van der Waals surface area contributed by atoms with Gasteiger partial charge in [0, 0.05) is 44.3 Å². The largest absolute Gasteiger partial charge is 0.341 e. The van der Waals surface area contributed by atoms with Crippen LogP contribution in [0.25, 0.3) is 10.9 Å². The van der Waals surface area contributed by atoms with Crippen LogP contribution in [0.2, 0.25) is 0 Å². The second-order valence-corrected chi connectivity index (χ2v) is 6.23. The summed E-state index contributed by atoms with van der Waals surface area (Å²) in [5.41, 5.74) is 1.49. The van der Waals surface area contributed by atoms with Crippen LogP contribution in [0.1, 0.15) is 22.6 Å². The molecule has 0 aliphatic carbocycles. The van der Waals surface area contributed by atoms with Gasteiger partial charge in [-0.2, -0.15) is 5.10 Å². The number of aromatic amines is 1. The number of hydrogen-bond acceptors (Lipinski definition) is 3. The molecule has 1 amide bonds. The maximum atomic E-state index is 12.8. The first-order chi connectivity index (χ1) is 11.2. The number of para-hydroxylation sites is 1. The number of carbonyl (C=O) groups is 1. The molecule has 0 saturated heterocycles. The molecule has 23 heavy (non-hydrogen) atoms. The predicted octanol–water partition coefficient (Wildman–Crippen LogP) is 2.09. The summed E-state index contributed by atoms with van der Waals surface area (Å²) in [5, 5.41) is 7.92. The van der Waals surface area contributed by atoms with Gasteiger partial charge < -0.3 is 9.47 Å². The lowest BCUT2D eigenvalue weighted by Gasteiger charge is -2.28. The molecule has 1 atom stereocenters. The van der Waals surface area contributed by atoms with Crippen molar-refractivity contribution in [2.75, 3.05) is 13.6 Å². The Kier molecular flexibility index (Phi) is 3.37. The summed E-state index contributed by atoms with van der Waals surface area (Å²) < 4.78 is 2.20. The molecule has 1 N–H and O–H groups in total. The number of fused-ring (bicyclic) bond motifs is 2. The van der Waals surface area contributed by atoms with Crippen molar-refractivity contribution in [1.82, 2.24) is 24.6 Å². The lowest BCUT2D eigenvalue weighted by molar-refractivity contribution is 0.0762. The number of carbonyl (C=O) groups excluding carboxylic acids is 1. The molecule has 0 spiro atoms. The fourth-order valence-corrected chi connectivity index (χ4v) is 3.41. The monoisotopic (exact) mass is 309 g/mol. The van der Waals surface area contributed by atoms with Gasteiger partial charge in [-0.3, -0.25) is 9.89 Å². The Morgan fingerprint density at radius 2 is 2.39 bits per heavy atom. The lowest BCUT2D eigenvalue weighted by Crippen LogP contribution is -2.35. The highest BCUT2D eigenvalue weighted by atomic mass is 16.2. The van der Waals surface area contributed by atoms with Crippen LogP contribution in [-0.4, -0.2) is 44.1 Å². The molecule has 0 fully saturated rings. The number of rotatable bonds is 3. The number of nitrogens with one attached hydrogen (secondary N) is 1. The molecule has 118 valence electrons. The summed E-state index contributed by atoms with van der Waals surface area (Å²) in [4.78, 5) is 19.0. The topological polar surface area (TPSA) is 66.8 Å². The van der Waals surface area contributed by atoms with Crippen LogP contribution in [0.4, 0.5) is 0 Å². The predicted molar refractivity (Wildman–Crippen MR) is 87.1 cm³/mol. The van der Waals surface area contributed by atoms with Crippen LogP contribution in [0, 0.1) is 5.92 Å². The van der Waals surface area contributed by atoms with Gasteiger partial charge in [0.05, 0.1) is 17.3 Å². The molecule has 2 aromatic heterocycles. The van der Waals surface area contributed by atoms with Crippen molar-refractivity contribution in [2.24, 2.45) is 5.92 Å². The molecule has 0 saturated carbocycles. The van der Waals surface area contributed by atoms with E-state index < -0.39 is 0 Å². The van der Waals surface area contributed by atoms with Gasteiger partial charge in [0.2, 0.25) is 0 Å². The Bertz CT molecular complexity index is 849. The van der Waals surface area contributed by atoms with Crippen LogP contribution in [0.5, 0.6) is 0 Å². The zero-order valence-electron chi connectivity index (χ0n) is 13.1. The fraction of sp³-hybridized carbons (Fsp3) is 0.353. The number of amides is 1. The van der Waals surface area contributed by atoms with E-state index in [2.05, 4.69) is 19.7 Å². The molecular formula is C17H19N5O. The van der Waals surface area contributed by atoms with E-state index in [0.29, 0.717) is 11.5 Å². The van der Waals surface area contributed by atoms with E-state index in [9.17, 15) is 4.79 Å². The molecule has 0 bridgehead atoms. The van der Waals surface area contributed by atoms with E-state index in [1.54, 1.807) is 6.20 Å². The summed E-state index contributed by atoms with van der Waals surface area (Å²) in [6.45, 7) is 1.68. The normalized spacial score (nSPS) is 17.2. The maximum Gasteiger partial charge on any atom is 0.255 e. The summed E-state index contributed by atoms with van der Waals surface area (Å²) in [7, 11) is 1.88. The highest BCUT2D eigenvalue weighted by Gasteiger charge is 2.23. The van der Waals surface area contributed by atoms with E-state index in [4.69, 9.17) is 0 Å². The highest BCUT2D eigenvalue weighted by Crippen LogP contribution is 2.21. The summed E-state index contributed by atoms with van der Waals surface area (Å²) in [5.74, 6) is 1.65. The van der Waals surface area contributed by atoms with Crippen molar-refractivity contribution in [1.29, 1.82) is 0 Å².